The van der Waals surface area contributed by atoms with Crippen LogP contribution in [0.15, 0.2) is 155 Å². The van der Waals surface area contributed by atoms with Crippen LogP contribution in [-0.2, 0) is 5.41 Å². The second-order valence-electron chi connectivity index (χ2n) is 13.0. The molecule has 0 unspecified atom stereocenters. The molecule has 0 atom stereocenters. The molecule has 0 aliphatic heterocycles. The molecule has 0 bridgehead atoms. The molecule has 0 spiro atoms. The zero-order valence-electron chi connectivity index (χ0n) is 27.0. The number of hydrogen-bond donors (Lipinski definition) is 0. The van der Waals surface area contributed by atoms with Crippen LogP contribution in [0.2, 0.25) is 0 Å². The molecule has 0 fully saturated rings. The molecule has 49 heavy (non-hydrogen) atoms. The zero-order valence-corrected chi connectivity index (χ0v) is 27.0. The highest BCUT2D eigenvalue weighted by Crippen LogP contribution is 2.50. The van der Waals surface area contributed by atoms with Crippen LogP contribution >= 0.6 is 0 Å². The van der Waals surface area contributed by atoms with Gasteiger partial charge in [-0.15, -0.1) is 0 Å². The predicted octanol–water partition coefficient (Wildman–Crippen LogP) is 8.73. The summed E-state index contributed by atoms with van der Waals surface area (Å²) in [4.78, 5) is 38.0. The molecule has 8 aromatic rings. The van der Waals surface area contributed by atoms with Gasteiger partial charge in [0.1, 0.15) is 11.6 Å². The van der Waals surface area contributed by atoms with Crippen LogP contribution in [-0.4, -0.2) is 19.1 Å². The Balaban J connectivity index is 1.22. The van der Waals surface area contributed by atoms with Gasteiger partial charge in [-0.3, -0.25) is 18.7 Å². The number of fused-ring (bicyclic) bond motifs is 5. The van der Waals surface area contributed by atoms with E-state index >= 15 is 0 Å². The Morgan fingerprint density at radius 2 is 0.857 bits per heavy atom. The van der Waals surface area contributed by atoms with Gasteiger partial charge in [0.15, 0.2) is 0 Å². The van der Waals surface area contributed by atoms with Crippen LogP contribution in [0.5, 0.6) is 0 Å². The van der Waals surface area contributed by atoms with E-state index in [0.29, 0.717) is 33.5 Å². The van der Waals surface area contributed by atoms with Crippen LogP contribution in [0, 0.1) is 0 Å². The molecule has 9 rings (SSSR count). The lowest BCUT2D eigenvalue weighted by Gasteiger charge is -2.23. The third-order valence-electron chi connectivity index (χ3n) is 9.77. The average Bonchev–Trinajstić information content (AvgIpc) is 3.37. The molecule has 0 N–H and O–H groups in total. The summed E-state index contributed by atoms with van der Waals surface area (Å²) in [6.07, 6.45) is 0. The maximum Gasteiger partial charge on any atom is 0.266 e. The van der Waals surface area contributed by atoms with Crippen LogP contribution in [0.4, 0.5) is 0 Å². The van der Waals surface area contributed by atoms with Crippen molar-refractivity contribution in [1.29, 1.82) is 0 Å². The molecule has 1 aliphatic rings. The summed E-state index contributed by atoms with van der Waals surface area (Å²) in [5.41, 5.74) is 8.54. The standard InChI is InChI=1S/C43H30N4O2/c1-43(2)35-25-27(39-44-37-19-11-9-17-33(37)41(48)46(39)29-13-5-3-6-14-29)21-23-31(35)32-24-22-28(26-36(32)43)40-45-38-20-12-10-18-34(38)42(49)47(40)30-15-7-4-8-16-30/h3-26H,1-2H3. The highest BCUT2D eigenvalue weighted by atomic mass is 16.1. The Hall–Kier alpha value is -6.40. The minimum Gasteiger partial charge on any atom is -0.268 e. The first kappa shape index (κ1) is 28.8. The van der Waals surface area contributed by atoms with Crippen LogP contribution in [0.1, 0.15) is 25.0 Å². The molecule has 2 aromatic heterocycles. The average molecular weight is 635 g/mol. The van der Waals surface area contributed by atoms with Crippen molar-refractivity contribution in [1.82, 2.24) is 19.1 Å². The van der Waals surface area contributed by atoms with E-state index in [0.717, 1.165) is 44.8 Å². The van der Waals surface area contributed by atoms with Gasteiger partial charge in [-0.05, 0) is 82.9 Å². The molecule has 2 heterocycles. The number of para-hydroxylation sites is 4. The number of nitrogens with zero attached hydrogens (tertiary/aromatic N) is 4. The third-order valence-corrected chi connectivity index (χ3v) is 9.77. The quantitative estimate of drug-likeness (QED) is 0.194. The molecule has 234 valence electrons. The van der Waals surface area contributed by atoms with Gasteiger partial charge in [0.25, 0.3) is 11.1 Å². The highest BCUT2D eigenvalue weighted by Gasteiger charge is 2.36. The van der Waals surface area contributed by atoms with E-state index < -0.39 is 0 Å². The Morgan fingerprint density at radius 1 is 0.469 bits per heavy atom. The Bertz CT molecular complexity index is 2540. The van der Waals surface area contributed by atoms with E-state index in [-0.39, 0.29) is 16.5 Å². The highest BCUT2D eigenvalue weighted by molar-refractivity contribution is 5.87. The molecule has 6 aromatic carbocycles. The molecular formula is C43H30N4O2. The Labute approximate surface area is 282 Å². The van der Waals surface area contributed by atoms with Gasteiger partial charge in [-0.2, -0.15) is 0 Å². The lowest BCUT2D eigenvalue weighted by atomic mass is 9.81. The fourth-order valence-corrected chi connectivity index (χ4v) is 7.30. The maximum atomic E-state index is 14.0. The normalized spacial score (nSPS) is 13.0. The summed E-state index contributed by atoms with van der Waals surface area (Å²) in [6.45, 7) is 4.45. The Morgan fingerprint density at radius 3 is 1.29 bits per heavy atom. The van der Waals surface area contributed by atoms with Gasteiger partial charge in [-0.1, -0.05) is 98.8 Å². The predicted molar refractivity (Wildman–Crippen MR) is 197 cm³/mol. The fourth-order valence-electron chi connectivity index (χ4n) is 7.30. The van der Waals surface area contributed by atoms with Crippen molar-refractivity contribution in [2.24, 2.45) is 0 Å². The van der Waals surface area contributed by atoms with E-state index in [1.165, 1.54) is 0 Å². The fraction of sp³-hybridized carbons (Fsp3) is 0.0698. The summed E-state index contributed by atoms with van der Waals surface area (Å²) < 4.78 is 3.43. The van der Waals surface area contributed by atoms with Gasteiger partial charge in [0, 0.05) is 16.5 Å². The molecule has 0 saturated carbocycles. The van der Waals surface area contributed by atoms with Gasteiger partial charge in [-0.25, -0.2) is 9.97 Å². The first-order valence-corrected chi connectivity index (χ1v) is 16.3. The van der Waals surface area contributed by atoms with Gasteiger partial charge >= 0.3 is 0 Å². The first-order chi connectivity index (χ1) is 23.9. The van der Waals surface area contributed by atoms with Gasteiger partial charge in [0.2, 0.25) is 0 Å². The molecule has 1 aliphatic carbocycles. The number of rotatable bonds is 4. The molecule has 0 radical (unpaired) electrons. The van der Waals surface area contributed by atoms with Gasteiger partial charge < -0.3 is 0 Å². The van der Waals surface area contributed by atoms with Crippen molar-refractivity contribution in [2.75, 3.05) is 0 Å². The van der Waals surface area contributed by atoms with Crippen molar-refractivity contribution in [2.45, 2.75) is 19.3 Å². The second-order valence-corrected chi connectivity index (χ2v) is 13.0. The van der Waals surface area contributed by atoms with E-state index in [4.69, 9.17) is 9.97 Å². The van der Waals surface area contributed by atoms with Crippen molar-refractivity contribution < 1.29 is 0 Å². The topological polar surface area (TPSA) is 69.8 Å². The van der Waals surface area contributed by atoms with E-state index in [1.807, 2.05) is 109 Å². The summed E-state index contributed by atoms with van der Waals surface area (Å²) in [6, 6.07) is 47.1. The minimum absolute atomic E-state index is 0.105. The van der Waals surface area contributed by atoms with Crippen LogP contribution < -0.4 is 11.1 Å². The van der Waals surface area contributed by atoms with Crippen molar-refractivity contribution >= 4 is 21.8 Å². The number of hydrogen-bond acceptors (Lipinski definition) is 4. The van der Waals surface area contributed by atoms with Crippen molar-refractivity contribution in [3.05, 3.63) is 177 Å². The van der Waals surface area contributed by atoms with E-state index in [2.05, 4.69) is 50.2 Å². The molecule has 6 heteroatoms. The van der Waals surface area contributed by atoms with Crippen molar-refractivity contribution in [3.63, 3.8) is 0 Å². The zero-order chi connectivity index (χ0) is 33.3. The van der Waals surface area contributed by atoms with E-state index in [9.17, 15) is 9.59 Å². The largest absolute Gasteiger partial charge is 0.268 e. The van der Waals surface area contributed by atoms with Crippen LogP contribution in [0.25, 0.3) is 67.1 Å². The lowest BCUT2D eigenvalue weighted by molar-refractivity contribution is 0.660. The second kappa shape index (κ2) is 10.8. The minimum atomic E-state index is -0.389. The lowest BCUT2D eigenvalue weighted by Crippen LogP contribution is -2.22. The number of aromatic nitrogens is 4. The molecule has 0 saturated heterocycles. The van der Waals surface area contributed by atoms with Gasteiger partial charge in [0.05, 0.1) is 33.2 Å². The summed E-state index contributed by atoms with van der Waals surface area (Å²) in [5, 5.41) is 1.15. The molecule has 0 amide bonds. The van der Waals surface area contributed by atoms with Crippen LogP contribution in [0.3, 0.4) is 0 Å². The molecule has 6 nitrogen and oxygen atoms in total. The third kappa shape index (κ3) is 4.41. The van der Waals surface area contributed by atoms with Crippen molar-refractivity contribution in [3.8, 4) is 45.3 Å². The summed E-state index contributed by atoms with van der Waals surface area (Å²) >= 11 is 0. The summed E-state index contributed by atoms with van der Waals surface area (Å²) in [5.74, 6) is 1.19. The SMILES string of the molecule is CC1(C)c2cc(-c3nc4ccccc4c(=O)n3-c3ccccc3)ccc2-c2ccc(-c3nc4ccccc4c(=O)n3-c3ccccc3)cc21. The summed E-state index contributed by atoms with van der Waals surface area (Å²) in [7, 11) is 0. The monoisotopic (exact) mass is 634 g/mol. The first-order valence-electron chi connectivity index (χ1n) is 16.3. The Kier molecular flexibility index (Phi) is 6.36. The van der Waals surface area contributed by atoms with E-state index in [1.54, 1.807) is 9.13 Å². The molecular weight excluding hydrogens is 604 g/mol. The number of benzene rings is 6. The smallest absolute Gasteiger partial charge is 0.266 e. The maximum absolute atomic E-state index is 14.0.